The van der Waals surface area contributed by atoms with E-state index < -0.39 is 6.10 Å². The third kappa shape index (κ3) is 44.3. The van der Waals surface area contributed by atoms with Gasteiger partial charge in [-0.1, -0.05) is 204 Å². The second kappa shape index (κ2) is 46.1. The van der Waals surface area contributed by atoms with Gasteiger partial charge in [0.15, 0.2) is 6.10 Å². The van der Waals surface area contributed by atoms with Crippen LogP contribution in [0.3, 0.4) is 0 Å². The van der Waals surface area contributed by atoms with Gasteiger partial charge in [0.1, 0.15) is 13.2 Å². The molecule has 0 aliphatic carbocycles. The van der Waals surface area contributed by atoms with E-state index in [1.54, 1.807) is 0 Å². The Morgan fingerprint density at radius 3 is 1.12 bits per heavy atom. The van der Waals surface area contributed by atoms with Crippen LogP contribution in [-0.2, 0) is 28.6 Å². The number of carbonyl (C=O) groups excluding carboxylic acids is 3. The molecule has 6 heteroatoms. The summed E-state index contributed by atoms with van der Waals surface area (Å²) in [7, 11) is 0. The molecule has 0 saturated heterocycles. The van der Waals surface area contributed by atoms with Crippen molar-refractivity contribution in [3.05, 3.63) is 48.6 Å². The van der Waals surface area contributed by atoms with Gasteiger partial charge in [-0.25, -0.2) is 0 Å². The quantitative estimate of drug-likeness (QED) is 0.0201. The lowest BCUT2D eigenvalue weighted by molar-refractivity contribution is -0.167. The molecule has 0 heterocycles. The third-order valence-corrected chi connectivity index (χ3v) is 10.4. The molecule has 0 aromatic carbocycles. The lowest BCUT2D eigenvalue weighted by Gasteiger charge is -2.18. The van der Waals surface area contributed by atoms with Gasteiger partial charge < -0.3 is 14.2 Å². The van der Waals surface area contributed by atoms with E-state index in [9.17, 15) is 14.4 Å². The van der Waals surface area contributed by atoms with Gasteiger partial charge in [-0.2, -0.15) is 0 Å². The normalized spacial score (nSPS) is 12.4. The van der Waals surface area contributed by atoms with Gasteiger partial charge in [0, 0.05) is 19.3 Å². The Kier molecular flexibility index (Phi) is 43.9. The highest BCUT2D eigenvalue weighted by Gasteiger charge is 2.19. The fraction of sp³-hybridized carbons (Fsp3) is 0.784. The molecule has 330 valence electrons. The Hall–Kier alpha value is -2.63. The number of ether oxygens (including phenoxy) is 3. The summed E-state index contributed by atoms with van der Waals surface area (Å²) in [5.74, 6) is -0.894. The Bertz CT molecular complexity index is 1010. The summed E-state index contributed by atoms with van der Waals surface area (Å²) in [4.78, 5) is 37.8. The van der Waals surface area contributed by atoms with Crippen LogP contribution in [-0.4, -0.2) is 37.2 Å². The first-order valence-corrected chi connectivity index (χ1v) is 24.2. The van der Waals surface area contributed by atoms with Crippen molar-refractivity contribution in [1.29, 1.82) is 0 Å². The molecule has 57 heavy (non-hydrogen) atoms. The number of hydrogen-bond acceptors (Lipinski definition) is 6. The van der Waals surface area contributed by atoms with Crippen molar-refractivity contribution in [2.75, 3.05) is 13.2 Å². The number of unbranched alkanes of at least 4 members (excludes halogenated alkanes) is 26. The lowest BCUT2D eigenvalue weighted by Crippen LogP contribution is -2.30. The van der Waals surface area contributed by atoms with Crippen molar-refractivity contribution in [3.8, 4) is 0 Å². The Morgan fingerprint density at radius 1 is 0.368 bits per heavy atom. The molecule has 0 aromatic rings. The molecule has 0 saturated carbocycles. The molecule has 6 nitrogen and oxygen atoms in total. The lowest BCUT2D eigenvalue weighted by atomic mass is 10.1. The molecule has 0 spiro atoms. The molecule has 0 aliphatic rings. The largest absolute Gasteiger partial charge is 0.462 e. The molecular weight excluding hydrogens is 709 g/mol. The van der Waals surface area contributed by atoms with Crippen molar-refractivity contribution in [2.45, 2.75) is 245 Å². The summed E-state index contributed by atoms with van der Waals surface area (Å²) < 4.78 is 16.7. The van der Waals surface area contributed by atoms with E-state index in [4.69, 9.17) is 14.2 Å². The van der Waals surface area contributed by atoms with Crippen LogP contribution in [0.4, 0.5) is 0 Å². The van der Waals surface area contributed by atoms with Gasteiger partial charge in [0.2, 0.25) is 0 Å². The first-order chi connectivity index (χ1) is 28.0. The van der Waals surface area contributed by atoms with E-state index in [0.29, 0.717) is 19.3 Å². The summed E-state index contributed by atoms with van der Waals surface area (Å²) in [6.07, 6.45) is 53.8. The average Bonchev–Trinajstić information content (AvgIpc) is 3.21. The standard InChI is InChI=1S/C51H90O6/c1-4-7-10-13-16-19-21-23-25-27-29-32-35-38-41-44-50(53)56-47-48(46-55-49(52)43-40-37-34-31-18-15-12-9-6-3)57-51(54)45-42-39-36-33-30-28-26-24-22-20-17-14-11-8-5-2/h7,10,13,16,19-22,48H,4-6,8-9,11-12,14-15,17-18,23-47H2,1-3H3/b10-7-,16-13-,21-19-,22-20-. The SMILES string of the molecule is CC\C=C/C=C\C=C/CCCCCCCCCC(=O)OCC(COC(=O)CCCCCCCCCCC)OC(=O)CCCCCCCCC/C=C\CCCCCC. The first kappa shape index (κ1) is 54.4. The molecule has 0 fully saturated rings. The monoisotopic (exact) mass is 799 g/mol. The average molecular weight is 799 g/mol. The Morgan fingerprint density at radius 2 is 0.702 bits per heavy atom. The summed E-state index contributed by atoms with van der Waals surface area (Å²) in [6, 6.07) is 0. The first-order valence-electron chi connectivity index (χ1n) is 24.2. The number of esters is 3. The van der Waals surface area contributed by atoms with Crippen LogP contribution >= 0.6 is 0 Å². The van der Waals surface area contributed by atoms with Gasteiger partial charge in [-0.05, 0) is 64.2 Å². The predicted molar refractivity (Wildman–Crippen MR) is 242 cm³/mol. The number of allylic oxidation sites excluding steroid dienone is 8. The van der Waals surface area contributed by atoms with E-state index in [1.807, 2.05) is 0 Å². The van der Waals surface area contributed by atoms with Crippen molar-refractivity contribution >= 4 is 17.9 Å². The summed E-state index contributed by atoms with van der Waals surface area (Å²) in [6.45, 7) is 6.46. The highest BCUT2D eigenvalue weighted by atomic mass is 16.6. The number of hydrogen-bond donors (Lipinski definition) is 0. The van der Waals surface area contributed by atoms with E-state index in [0.717, 1.165) is 70.6 Å². The Labute approximate surface area is 352 Å². The minimum absolute atomic E-state index is 0.0773. The van der Waals surface area contributed by atoms with Crippen LogP contribution in [0.1, 0.15) is 239 Å². The summed E-state index contributed by atoms with van der Waals surface area (Å²) >= 11 is 0. The minimum Gasteiger partial charge on any atom is -0.462 e. The second-order valence-corrected chi connectivity index (χ2v) is 16.1. The van der Waals surface area contributed by atoms with Gasteiger partial charge >= 0.3 is 17.9 Å². The van der Waals surface area contributed by atoms with Crippen molar-refractivity contribution in [3.63, 3.8) is 0 Å². The Balaban J connectivity index is 4.35. The van der Waals surface area contributed by atoms with Crippen LogP contribution in [0.5, 0.6) is 0 Å². The van der Waals surface area contributed by atoms with E-state index in [1.165, 1.54) is 128 Å². The van der Waals surface area contributed by atoms with E-state index in [2.05, 4.69) is 69.4 Å². The maximum Gasteiger partial charge on any atom is 0.306 e. The van der Waals surface area contributed by atoms with E-state index in [-0.39, 0.29) is 31.1 Å². The molecule has 1 atom stereocenters. The highest BCUT2D eigenvalue weighted by Crippen LogP contribution is 2.14. The summed E-state index contributed by atoms with van der Waals surface area (Å²) in [5.41, 5.74) is 0. The van der Waals surface area contributed by atoms with E-state index >= 15 is 0 Å². The molecule has 0 rings (SSSR count). The summed E-state index contributed by atoms with van der Waals surface area (Å²) in [5, 5.41) is 0. The molecule has 0 radical (unpaired) electrons. The molecule has 1 unspecified atom stereocenters. The fourth-order valence-electron chi connectivity index (χ4n) is 6.73. The van der Waals surface area contributed by atoms with Gasteiger partial charge in [-0.15, -0.1) is 0 Å². The zero-order chi connectivity index (χ0) is 41.5. The highest BCUT2D eigenvalue weighted by molar-refractivity contribution is 5.71. The number of carbonyl (C=O) groups is 3. The fourth-order valence-corrected chi connectivity index (χ4v) is 6.73. The van der Waals surface area contributed by atoms with Crippen molar-refractivity contribution < 1.29 is 28.6 Å². The molecule has 0 aromatic heterocycles. The maximum atomic E-state index is 12.7. The van der Waals surface area contributed by atoms with Gasteiger partial charge in [0.25, 0.3) is 0 Å². The number of rotatable bonds is 43. The molecular formula is C51H90O6. The zero-order valence-corrected chi connectivity index (χ0v) is 37.6. The van der Waals surface area contributed by atoms with Gasteiger partial charge in [-0.3, -0.25) is 14.4 Å². The molecule has 0 aliphatic heterocycles. The molecule has 0 bridgehead atoms. The van der Waals surface area contributed by atoms with Crippen LogP contribution < -0.4 is 0 Å². The topological polar surface area (TPSA) is 78.9 Å². The third-order valence-electron chi connectivity index (χ3n) is 10.4. The minimum atomic E-state index is -0.775. The van der Waals surface area contributed by atoms with Crippen LogP contribution in [0.2, 0.25) is 0 Å². The molecule has 0 N–H and O–H groups in total. The zero-order valence-electron chi connectivity index (χ0n) is 37.6. The van der Waals surface area contributed by atoms with Crippen molar-refractivity contribution in [1.82, 2.24) is 0 Å². The molecule has 0 amide bonds. The van der Waals surface area contributed by atoms with Gasteiger partial charge in [0.05, 0.1) is 0 Å². The smallest absolute Gasteiger partial charge is 0.306 e. The maximum absolute atomic E-state index is 12.7. The van der Waals surface area contributed by atoms with Crippen LogP contribution in [0.25, 0.3) is 0 Å². The second-order valence-electron chi connectivity index (χ2n) is 16.1. The van der Waals surface area contributed by atoms with Crippen molar-refractivity contribution in [2.24, 2.45) is 0 Å². The van der Waals surface area contributed by atoms with Crippen LogP contribution in [0.15, 0.2) is 48.6 Å². The van der Waals surface area contributed by atoms with Crippen LogP contribution in [0, 0.1) is 0 Å². The predicted octanol–water partition coefficient (Wildman–Crippen LogP) is 15.5.